The minimum absolute atomic E-state index is 0.656. The summed E-state index contributed by atoms with van der Waals surface area (Å²) in [5, 5.41) is 3.40. The lowest BCUT2D eigenvalue weighted by Gasteiger charge is -2.32. The number of hydrogen-bond acceptors (Lipinski definition) is 2. The van der Waals surface area contributed by atoms with E-state index in [1.165, 1.54) is 30.6 Å². The number of piperazine rings is 1. The van der Waals surface area contributed by atoms with Crippen molar-refractivity contribution in [3.8, 4) is 0 Å². The topological polar surface area (TPSA) is 15.3 Å². The van der Waals surface area contributed by atoms with Crippen molar-refractivity contribution in [2.75, 3.05) is 26.2 Å². The van der Waals surface area contributed by atoms with Crippen molar-refractivity contribution >= 4 is 0 Å². The molecule has 1 unspecified atom stereocenters. The highest BCUT2D eigenvalue weighted by molar-refractivity contribution is 5.22. The molecule has 1 fully saturated rings. The van der Waals surface area contributed by atoms with Crippen molar-refractivity contribution in [3.05, 3.63) is 35.4 Å². The molecule has 0 radical (unpaired) electrons. The van der Waals surface area contributed by atoms with Crippen LogP contribution in [0.15, 0.2) is 24.3 Å². The normalized spacial score (nSPS) is 19.6. The minimum atomic E-state index is 0.656. The Kier molecular flexibility index (Phi) is 3.97. The van der Waals surface area contributed by atoms with E-state index in [0.717, 1.165) is 13.1 Å². The fourth-order valence-electron chi connectivity index (χ4n) is 2.43. The molecule has 1 aromatic rings. The summed E-state index contributed by atoms with van der Waals surface area (Å²) < 4.78 is 0. The van der Waals surface area contributed by atoms with E-state index < -0.39 is 0 Å². The lowest BCUT2D eigenvalue weighted by molar-refractivity contribution is 0.183. The standard InChI is InChI=1S/C14H22N2/c1-12-4-3-5-14(10-12)11-13(2)16-8-6-15-7-9-16/h3-5,10,13,15H,6-9,11H2,1-2H3. The van der Waals surface area contributed by atoms with E-state index in [4.69, 9.17) is 0 Å². The summed E-state index contributed by atoms with van der Waals surface area (Å²) in [4.78, 5) is 2.58. The molecule has 1 heterocycles. The molecule has 1 atom stereocenters. The molecule has 0 saturated carbocycles. The summed E-state index contributed by atoms with van der Waals surface area (Å²) in [5.41, 5.74) is 2.83. The minimum Gasteiger partial charge on any atom is -0.314 e. The summed E-state index contributed by atoms with van der Waals surface area (Å²) in [6.07, 6.45) is 1.17. The Balaban J connectivity index is 1.93. The number of hydrogen-bond donors (Lipinski definition) is 1. The van der Waals surface area contributed by atoms with E-state index in [0.29, 0.717) is 6.04 Å². The largest absolute Gasteiger partial charge is 0.314 e. The van der Waals surface area contributed by atoms with Gasteiger partial charge in [0, 0.05) is 32.2 Å². The van der Waals surface area contributed by atoms with Crippen LogP contribution in [-0.2, 0) is 6.42 Å². The zero-order valence-electron chi connectivity index (χ0n) is 10.4. The number of rotatable bonds is 3. The Morgan fingerprint density at radius 2 is 2.06 bits per heavy atom. The molecule has 0 amide bonds. The molecular formula is C14H22N2. The molecule has 2 nitrogen and oxygen atoms in total. The monoisotopic (exact) mass is 218 g/mol. The van der Waals surface area contributed by atoms with Gasteiger partial charge in [0.1, 0.15) is 0 Å². The first-order valence-corrected chi connectivity index (χ1v) is 6.26. The number of nitrogens with one attached hydrogen (secondary N) is 1. The van der Waals surface area contributed by atoms with Crippen molar-refractivity contribution in [2.24, 2.45) is 0 Å². The van der Waals surface area contributed by atoms with Gasteiger partial charge in [0.15, 0.2) is 0 Å². The molecule has 1 aromatic carbocycles. The number of nitrogens with zero attached hydrogens (tertiary/aromatic N) is 1. The van der Waals surface area contributed by atoms with Gasteiger partial charge in [0.25, 0.3) is 0 Å². The smallest absolute Gasteiger partial charge is 0.0110 e. The lowest BCUT2D eigenvalue weighted by Crippen LogP contribution is -2.48. The fraction of sp³-hybridized carbons (Fsp3) is 0.571. The second kappa shape index (κ2) is 5.46. The first-order valence-electron chi connectivity index (χ1n) is 6.26. The van der Waals surface area contributed by atoms with Crippen LogP contribution in [0.1, 0.15) is 18.1 Å². The van der Waals surface area contributed by atoms with Crippen molar-refractivity contribution in [1.82, 2.24) is 10.2 Å². The Hall–Kier alpha value is -0.860. The molecule has 0 aromatic heterocycles. The Morgan fingerprint density at radius 3 is 2.75 bits per heavy atom. The van der Waals surface area contributed by atoms with Crippen molar-refractivity contribution in [1.29, 1.82) is 0 Å². The maximum absolute atomic E-state index is 3.40. The number of aryl methyl sites for hydroxylation is 1. The third-order valence-corrected chi connectivity index (χ3v) is 3.39. The van der Waals surface area contributed by atoms with E-state index >= 15 is 0 Å². The third kappa shape index (κ3) is 3.06. The summed E-state index contributed by atoms with van der Waals surface area (Å²) in [7, 11) is 0. The quantitative estimate of drug-likeness (QED) is 0.832. The van der Waals surface area contributed by atoms with Gasteiger partial charge in [-0.2, -0.15) is 0 Å². The van der Waals surface area contributed by atoms with Crippen LogP contribution in [0, 0.1) is 6.92 Å². The van der Waals surface area contributed by atoms with Crippen LogP contribution in [0.3, 0.4) is 0 Å². The van der Waals surface area contributed by atoms with Crippen molar-refractivity contribution < 1.29 is 0 Å². The molecule has 1 aliphatic rings. The van der Waals surface area contributed by atoms with Crippen LogP contribution >= 0.6 is 0 Å². The van der Waals surface area contributed by atoms with E-state index in [1.807, 2.05) is 0 Å². The van der Waals surface area contributed by atoms with Gasteiger partial charge in [-0.3, -0.25) is 4.90 Å². The van der Waals surface area contributed by atoms with Gasteiger partial charge in [-0.15, -0.1) is 0 Å². The molecule has 1 saturated heterocycles. The van der Waals surface area contributed by atoms with Gasteiger partial charge in [0.05, 0.1) is 0 Å². The van der Waals surface area contributed by atoms with E-state index in [9.17, 15) is 0 Å². The van der Waals surface area contributed by atoms with Crippen molar-refractivity contribution in [2.45, 2.75) is 26.3 Å². The highest BCUT2D eigenvalue weighted by Gasteiger charge is 2.16. The first-order chi connectivity index (χ1) is 7.75. The van der Waals surface area contributed by atoms with Crippen LogP contribution in [-0.4, -0.2) is 37.1 Å². The molecule has 1 N–H and O–H groups in total. The predicted molar refractivity (Wildman–Crippen MR) is 68.8 cm³/mol. The van der Waals surface area contributed by atoms with Crippen LogP contribution in [0.4, 0.5) is 0 Å². The van der Waals surface area contributed by atoms with Crippen LogP contribution < -0.4 is 5.32 Å². The summed E-state index contributed by atoms with van der Waals surface area (Å²) >= 11 is 0. The van der Waals surface area contributed by atoms with Gasteiger partial charge >= 0.3 is 0 Å². The van der Waals surface area contributed by atoms with Crippen LogP contribution in [0.2, 0.25) is 0 Å². The SMILES string of the molecule is Cc1cccc(CC(C)N2CCNCC2)c1. The zero-order valence-corrected chi connectivity index (χ0v) is 10.4. The molecule has 2 heteroatoms. The molecule has 1 aliphatic heterocycles. The highest BCUT2D eigenvalue weighted by Crippen LogP contribution is 2.11. The van der Waals surface area contributed by atoms with E-state index in [1.54, 1.807) is 0 Å². The summed E-state index contributed by atoms with van der Waals surface area (Å²) in [6, 6.07) is 9.53. The molecule has 16 heavy (non-hydrogen) atoms. The molecule has 88 valence electrons. The zero-order chi connectivity index (χ0) is 11.4. The maximum atomic E-state index is 3.40. The average Bonchev–Trinajstić information content (AvgIpc) is 2.30. The van der Waals surface area contributed by atoms with Crippen LogP contribution in [0.5, 0.6) is 0 Å². The molecular weight excluding hydrogens is 196 g/mol. The summed E-state index contributed by atoms with van der Waals surface area (Å²) in [5.74, 6) is 0. The number of benzene rings is 1. The Labute approximate surface area is 98.7 Å². The Bertz CT molecular complexity index is 329. The average molecular weight is 218 g/mol. The first kappa shape index (κ1) is 11.6. The van der Waals surface area contributed by atoms with E-state index in [2.05, 4.69) is 48.3 Å². The van der Waals surface area contributed by atoms with Gasteiger partial charge in [0.2, 0.25) is 0 Å². The third-order valence-electron chi connectivity index (χ3n) is 3.39. The summed E-state index contributed by atoms with van der Waals surface area (Å²) in [6.45, 7) is 9.16. The maximum Gasteiger partial charge on any atom is 0.0110 e. The van der Waals surface area contributed by atoms with Crippen molar-refractivity contribution in [3.63, 3.8) is 0 Å². The second-order valence-corrected chi connectivity index (χ2v) is 4.83. The molecule has 0 bridgehead atoms. The van der Waals surface area contributed by atoms with Gasteiger partial charge in [-0.1, -0.05) is 29.8 Å². The lowest BCUT2D eigenvalue weighted by atomic mass is 10.0. The van der Waals surface area contributed by atoms with Crippen LogP contribution in [0.25, 0.3) is 0 Å². The molecule has 0 aliphatic carbocycles. The fourth-order valence-corrected chi connectivity index (χ4v) is 2.43. The van der Waals surface area contributed by atoms with E-state index in [-0.39, 0.29) is 0 Å². The molecule has 0 spiro atoms. The van der Waals surface area contributed by atoms with Gasteiger partial charge in [-0.25, -0.2) is 0 Å². The van der Waals surface area contributed by atoms with Gasteiger partial charge < -0.3 is 5.32 Å². The second-order valence-electron chi connectivity index (χ2n) is 4.83. The predicted octanol–water partition coefficient (Wildman–Crippen LogP) is 1.83. The molecule has 2 rings (SSSR count). The highest BCUT2D eigenvalue weighted by atomic mass is 15.2. The van der Waals surface area contributed by atoms with Gasteiger partial charge in [-0.05, 0) is 25.8 Å². The Morgan fingerprint density at radius 1 is 1.31 bits per heavy atom.